The van der Waals surface area contributed by atoms with Gasteiger partial charge in [-0.3, -0.25) is 9.69 Å². The first-order valence-electron chi connectivity index (χ1n) is 7.15. The van der Waals surface area contributed by atoms with Gasteiger partial charge in [-0.05, 0) is 30.7 Å². The van der Waals surface area contributed by atoms with Crippen molar-refractivity contribution in [2.24, 2.45) is 0 Å². The van der Waals surface area contributed by atoms with Crippen molar-refractivity contribution >= 4 is 17.6 Å². The van der Waals surface area contributed by atoms with E-state index in [1.807, 2.05) is 0 Å². The molecule has 21 heavy (non-hydrogen) atoms. The van der Waals surface area contributed by atoms with Crippen molar-refractivity contribution in [3.05, 3.63) is 34.6 Å². The van der Waals surface area contributed by atoms with Crippen LogP contribution in [0, 0.1) is 5.82 Å². The summed E-state index contributed by atoms with van der Waals surface area (Å²) in [5.74, 6) is -1.05. The van der Waals surface area contributed by atoms with Gasteiger partial charge in [0.1, 0.15) is 5.82 Å². The zero-order valence-electron chi connectivity index (χ0n) is 11.9. The minimum atomic E-state index is -0.736. The third-order valence-electron chi connectivity index (χ3n) is 3.74. The highest BCUT2D eigenvalue weighted by Gasteiger charge is 2.17. The van der Waals surface area contributed by atoms with Gasteiger partial charge in [-0.1, -0.05) is 17.7 Å². The average molecular weight is 315 g/mol. The monoisotopic (exact) mass is 314 g/mol. The van der Waals surface area contributed by atoms with Crippen molar-refractivity contribution in [1.82, 2.24) is 9.80 Å². The van der Waals surface area contributed by atoms with Crippen LogP contribution < -0.4 is 0 Å². The number of hydrogen-bond donors (Lipinski definition) is 1. The van der Waals surface area contributed by atoms with E-state index < -0.39 is 5.97 Å². The fourth-order valence-electron chi connectivity index (χ4n) is 2.52. The first kappa shape index (κ1) is 16.2. The van der Waals surface area contributed by atoms with Crippen LogP contribution in [0.5, 0.6) is 0 Å². The molecular formula is C15H20ClFN2O2. The van der Waals surface area contributed by atoms with E-state index >= 15 is 0 Å². The van der Waals surface area contributed by atoms with Gasteiger partial charge in [0.15, 0.2) is 0 Å². The van der Waals surface area contributed by atoms with Crippen LogP contribution in [0.3, 0.4) is 0 Å². The van der Waals surface area contributed by atoms with Gasteiger partial charge >= 0.3 is 5.97 Å². The number of carbonyl (C=O) groups is 1. The Bertz CT molecular complexity index is 491. The number of hydrogen-bond acceptors (Lipinski definition) is 3. The summed E-state index contributed by atoms with van der Waals surface area (Å²) in [6.45, 7) is 5.25. The Morgan fingerprint density at radius 2 is 1.90 bits per heavy atom. The number of carboxylic acid groups (broad SMARTS) is 1. The number of halogens is 2. The molecule has 0 aromatic heterocycles. The van der Waals surface area contributed by atoms with E-state index in [0.29, 0.717) is 11.4 Å². The Morgan fingerprint density at radius 1 is 1.24 bits per heavy atom. The number of carboxylic acids is 1. The molecule has 0 atom stereocenters. The summed E-state index contributed by atoms with van der Waals surface area (Å²) in [7, 11) is 0. The van der Waals surface area contributed by atoms with Crippen LogP contribution in [0.25, 0.3) is 0 Å². The maximum atomic E-state index is 13.0. The Kier molecular flexibility index (Phi) is 5.96. The number of rotatable bonds is 6. The Hall–Kier alpha value is -1.17. The fourth-order valence-corrected chi connectivity index (χ4v) is 2.74. The summed E-state index contributed by atoms with van der Waals surface area (Å²) in [5, 5.41) is 9.10. The van der Waals surface area contributed by atoms with Gasteiger partial charge < -0.3 is 10.0 Å². The molecule has 0 amide bonds. The van der Waals surface area contributed by atoms with E-state index in [2.05, 4.69) is 9.80 Å². The third kappa shape index (κ3) is 5.26. The highest BCUT2D eigenvalue weighted by atomic mass is 35.5. The number of aliphatic carboxylic acids is 1. The van der Waals surface area contributed by atoms with Crippen LogP contribution in [0.2, 0.25) is 5.02 Å². The molecule has 1 aliphatic rings. The molecule has 0 spiro atoms. The maximum absolute atomic E-state index is 13.0. The van der Waals surface area contributed by atoms with Crippen LogP contribution in [-0.2, 0) is 11.3 Å². The first-order valence-corrected chi connectivity index (χ1v) is 7.53. The Balaban J connectivity index is 1.75. The standard InChI is InChI=1S/C15H20ClFN2O2/c16-14-10-13(17)4-3-12(14)11-19-8-6-18(7-9-19)5-1-2-15(20)21/h3-4,10H,1-2,5-9,11H2,(H,20,21). The van der Waals surface area contributed by atoms with E-state index in [1.165, 1.54) is 12.1 Å². The molecule has 1 aromatic rings. The molecule has 1 saturated heterocycles. The van der Waals surface area contributed by atoms with Gasteiger partial charge in [0, 0.05) is 44.2 Å². The molecule has 1 heterocycles. The Labute approximate surface area is 129 Å². The molecule has 0 radical (unpaired) electrons. The van der Waals surface area contributed by atoms with Crippen LogP contribution in [0.1, 0.15) is 18.4 Å². The molecule has 0 bridgehead atoms. The van der Waals surface area contributed by atoms with Gasteiger partial charge in [0.2, 0.25) is 0 Å². The second-order valence-corrected chi connectivity index (χ2v) is 5.76. The zero-order chi connectivity index (χ0) is 15.2. The predicted molar refractivity (Wildman–Crippen MR) is 80.0 cm³/mol. The van der Waals surface area contributed by atoms with Gasteiger partial charge in [-0.15, -0.1) is 0 Å². The maximum Gasteiger partial charge on any atom is 0.303 e. The van der Waals surface area contributed by atoms with Crippen molar-refractivity contribution in [1.29, 1.82) is 0 Å². The van der Waals surface area contributed by atoms with E-state index in [0.717, 1.165) is 44.8 Å². The van der Waals surface area contributed by atoms with Gasteiger partial charge in [0.05, 0.1) is 0 Å². The smallest absolute Gasteiger partial charge is 0.303 e. The van der Waals surface area contributed by atoms with E-state index in [9.17, 15) is 9.18 Å². The summed E-state index contributed by atoms with van der Waals surface area (Å²) in [6.07, 6.45) is 0.921. The molecule has 1 fully saturated rings. The molecule has 6 heteroatoms. The fraction of sp³-hybridized carbons (Fsp3) is 0.533. The van der Waals surface area contributed by atoms with Crippen LogP contribution in [0.4, 0.5) is 4.39 Å². The quantitative estimate of drug-likeness (QED) is 0.876. The summed E-state index contributed by atoms with van der Waals surface area (Å²) >= 11 is 6.04. The predicted octanol–water partition coefficient (Wildman–Crippen LogP) is 2.46. The molecular weight excluding hydrogens is 295 g/mol. The average Bonchev–Trinajstić information content (AvgIpc) is 2.43. The van der Waals surface area contributed by atoms with E-state index in [4.69, 9.17) is 16.7 Å². The zero-order valence-corrected chi connectivity index (χ0v) is 12.7. The normalized spacial score (nSPS) is 17.0. The lowest BCUT2D eigenvalue weighted by Gasteiger charge is -2.34. The molecule has 0 unspecified atom stereocenters. The van der Waals surface area contributed by atoms with Crippen molar-refractivity contribution in [3.63, 3.8) is 0 Å². The second kappa shape index (κ2) is 7.73. The molecule has 1 aromatic carbocycles. The third-order valence-corrected chi connectivity index (χ3v) is 4.09. The molecule has 0 aliphatic carbocycles. The minimum absolute atomic E-state index is 0.228. The van der Waals surface area contributed by atoms with Crippen LogP contribution in [-0.4, -0.2) is 53.6 Å². The van der Waals surface area contributed by atoms with Crippen molar-refractivity contribution < 1.29 is 14.3 Å². The largest absolute Gasteiger partial charge is 0.481 e. The summed E-state index contributed by atoms with van der Waals surface area (Å²) in [6, 6.07) is 4.51. The van der Waals surface area contributed by atoms with Crippen molar-refractivity contribution in [3.8, 4) is 0 Å². The second-order valence-electron chi connectivity index (χ2n) is 5.35. The molecule has 1 aliphatic heterocycles. The first-order chi connectivity index (χ1) is 10.0. The molecule has 1 N–H and O–H groups in total. The minimum Gasteiger partial charge on any atom is -0.481 e. The highest BCUT2D eigenvalue weighted by Crippen LogP contribution is 2.19. The van der Waals surface area contributed by atoms with Crippen molar-refractivity contribution in [2.45, 2.75) is 19.4 Å². The topological polar surface area (TPSA) is 43.8 Å². The van der Waals surface area contributed by atoms with Gasteiger partial charge in [-0.2, -0.15) is 0 Å². The molecule has 116 valence electrons. The lowest BCUT2D eigenvalue weighted by Crippen LogP contribution is -2.46. The van der Waals surface area contributed by atoms with Gasteiger partial charge in [-0.25, -0.2) is 4.39 Å². The number of piperazine rings is 1. The number of benzene rings is 1. The van der Waals surface area contributed by atoms with Crippen LogP contribution in [0.15, 0.2) is 18.2 Å². The SMILES string of the molecule is O=C(O)CCCN1CCN(Cc2ccc(F)cc2Cl)CC1. The van der Waals surface area contributed by atoms with E-state index in [-0.39, 0.29) is 12.2 Å². The highest BCUT2D eigenvalue weighted by molar-refractivity contribution is 6.31. The lowest BCUT2D eigenvalue weighted by atomic mass is 10.2. The van der Waals surface area contributed by atoms with Crippen molar-refractivity contribution in [2.75, 3.05) is 32.7 Å². The molecule has 0 saturated carbocycles. The molecule has 4 nitrogen and oxygen atoms in total. The van der Waals surface area contributed by atoms with Gasteiger partial charge in [0.25, 0.3) is 0 Å². The summed E-state index contributed by atoms with van der Waals surface area (Å²) < 4.78 is 13.0. The number of nitrogens with zero attached hydrogens (tertiary/aromatic N) is 2. The molecule has 2 rings (SSSR count). The van der Waals surface area contributed by atoms with E-state index in [1.54, 1.807) is 6.07 Å². The summed E-state index contributed by atoms with van der Waals surface area (Å²) in [5.41, 5.74) is 0.942. The summed E-state index contributed by atoms with van der Waals surface area (Å²) in [4.78, 5) is 15.1. The lowest BCUT2D eigenvalue weighted by molar-refractivity contribution is -0.137. The Morgan fingerprint density at radius 3 is 2.52 bits per heavy atom. The van der Waals surface area contributed by atoms with Crippen LogP contribution >= 0.6 is 11.6 Å².